The van der Waals surface area contributed by atoms with E-state index in [1.807, 2.05) is 0 Å². The zero-order valence-electron chi connectivity index (χ0n) is 4.87. The van der Waals surface area contributed by atoms with Gasteiger partial charge in [-0.2, -0.15) is 0 Å². The topological polar surface area (TPSA) is 77.8 Å². The van der Waals surface area contributed by atoms with Crippen LogP contribution in [-0.4, -0.2) is 33.8 Å². The van der Waals surface area contributed by atoms with Crippen LogP contribution in [0, 0.1) is 0 Å². The average Bonchev–Trinajstić information content (AvgIpc) is 1.63. The Hall–Kier alpha value is -1.10. The number of carboxylic acids is 1. The van der Waals surface area contributed by atoms with E-state index in [1.54, 1.807) is 0 Å². The fraction of sp³-hybridized carbons (Fsp3) is 0.500. The van der Waals surface area contributed by atoms with Crippen LogP contribution in [0.25, 0.3) is 0 Å². The first-order valence-electron chi connectivity index (χ1n) is 2.23. The van der Waals surface area contributed by atoms with E-state index in [0.717, 1.165) is 6.92 Å². The van der Waals surface area contributed by atoms with Crippen LogP contribution in [0.5, 0.6) is 0 Å². The lowest BCUT2D eigenvalue weighted by Gasteiger charge is -2.07. The van der Waals surface area contributed by atoms with E-state index in [1.165, 1.54) is 0 Å². The molecule has 0 aliphatic carbocycles. The lowest BCUT2D eigenvalue weighted by molar-refractivity contribution is -0.171. The molecule has 0 saturated carbocycles. The summed E-state index contributed by atoms with van der Waals surface area (Å²) in [7, 11) is 0. The Morgan fingerprint density at radius 1 is 1.56 bits per heavy atom. The Labute approximate surface area is 51.5 Å². The summed E-state index contributed by atoms with van der Waals surface area (Å²) in [6, 6.07) is 0. The van der Waals surface area contributed by atoms with E-state index in [2.05, 4.69) is 0 Å². The lowest BCUT2D eigenvalue weighted by atomic mass is 10.6. The highest BCUT2D eigenvalue weighted by Crippen LogP contribution is 1.80. The van der Waals surface area contributed by atoms with Crippen molar-refractivity contribution in [3.63, 3.8) is 0 Å². The fourth-order valence-corrected chi connectivity index (χ4v) is 0.239. The Morgan fingerprint density at radius 3 is 2.11 bits per heavy atom. The molecule has 9 heavy (non-hydrogen) atoms. The third kappa shape index (κ3) is 3.48. The Morgan fingerprint density at radius 2 is 2.00 bits per heavy atom. The molecule has 0 aliphatic rings. The molecule has 0 radical (unpaired) electrons. The van der Waals surface area contributed by atoms with Gasteiger partial charge in [-0.1, -0.05) is 0 Å². The number of hydrogen-bond donors (Lipinski definition) is 2. The van der Waals surface area contributed by atoms with E-state index in [9.17, 15) is 9.59 Å². The van der Waals surface area contributed by atoms with Gasteiger partial charge in [0.05, 0.1) is 0 Å². The minimum Gasteiger partial charge on any atom is -0.480 e. The molecule has 2 N–H and O–H groups in total. The summed E-state index contributed by atoms with van der Waals surface area (Å²) in [6.45, 7) is 0.401. The number of nitrogens with zero attached hydrogens (tertiary/aromatic N) is 1. The molecular weight excluding hydrogens is 126 g/mol. The van der Waals surface area contributed by atoms with Crippen LogP contribution in [0.2, 0.25) is 0 Å². The van der Waals surface area contributed by atoms with Gasteiger partial charge in [-0.25, -0.2) is 5.06 Å². The van der Waals surface area contributed by atoms with E-state index in [0.29, 0.717) is 0 Å². The monoisotopic (exact) mass is 133 g/mol. The van der Waals surface area contributed by atoms with Crippen molar-refractivity contribution in [3.8, 4) is 0 Å². The molecule has 0 atom stereocenters. The minimum absolute atomic E-state index is 0.127. The molecule has 1 amide bonds. The van der Waals surface area contributed by atoms with Gasteiger partial charge in [0.15, 0.2) is 0 Å². The summed E-state index contributed by atoms with van der Waals surface area (Å²) < 4.78 is 0. The van der Waals surface area contributed by atoms with Crippen LogP contribution in [0.1, 0.15) is 6.92 Å². The number of carbonyl (C=O) groups excluding carboxylic acids is 1. The first kappa shape index (κ1) is 7.90. The van der Waals surface area contributed by atoms with Crippen molar-refractivity contribution in [2.24, 2.45) is 0 Å². The molecule has 0 bridgehead atoms. The molecule has 5 heteroatoms. The Balaban J connectivity index is 3.63. The molecule has 0 spiro atoms. The highest BCUT2D eigenvalue weighted by atomic mass is 16.5. The molecule has 0 heterocycles. The number of carbonyl (C=O) groups is 2. The van der Waals surface area contributed by atoms with Crippen molar-refractivity contribution in [2.75, 3.05) is 6.54 Å². The minimum atomic E-state index is -1.24. The summed E-state index contributed by atoms with van der Waals surface area (Å²) in [5.41, 5.74) is 0. The van der Waals surface area contributed by atoms with Gasteiger partial charge < -0.3 is 5.11 Å². The van der Waals surface area contributed by atoms with Crippen molar-refractivity contribution in [2.45, 2.75) is 6.92 Å². The van der Waals surface area contributed by atoms with E-state index < -0.39 is 18.4 Å². The normalized spacial score (nSPS) is 8.67. The number of amides is 1. The molecular formula is C4H7NO4. The second-order valence-electron chi connectivity index (χ2n) is 1.47. The zero-order valence-corrected chi connectivity index (χ0v) is 4.87. The summed E-state index contributed by atoms with van der Waals surface area (Å²) in [5, 5.41) is 16.5. The Kier molecular flexibility index (Phi) is 2.66. The van der Waals surface area contributed by atoms with E-state index in [4.69, 9.17) is 10.3 Å². The van der Waals surface area contributed by atoms with Crippen molar-refractivity contribution < 1.29 is 19.9 Å². The number of hydrogen-bond acceptors (Lipinski definition) is 3. The Bertz CT molecular complexity index is 133. The van der Waals surface area contributed by atoms with Gasteiger partial charge in [0.2, 0.25) is 5.91 Å². The quantitative estimate of drug-likeness (QED) is 0.386. The maximum Gasteiger partial charge on any atom is 0.325 e. The highest BCUT2D eigenvalue weighted by Gasteiger charge is 2.07. The molecule has 0 rings (SSSR count). The molecule has 0 aromatic heterocycles. The third-order valence-corrected chi connectivity index (χ3v) is 0.649. The molecule has 0 aliphatic heterocycles. The van der Waals surface area contributed by atoms with Crippen LogP contribution in [0.3, 0.4) is 0 Å². The third-order valence-electron chi connectivity index (χ3n) is 0.649. The van der Waals surface area contributed by atoms with Crippen LogP contribution >= 0.6 is 0 Å². The van der Waals surface area contributed by atoms with Crippen molar-refractivity contribution in [1.29, 1.82) is 0 Å². The summed E-state index contributed by atoms with van der Waals surface area (Å²) >= 11 is 0. The van der Waals surface area contributed by atoms with Gasteiger partial charge in [0.25, 0.3) is 0 Å². The van der Waals surface area contributed by atoms with Crippen LogP contribution in [-0.2, 0) is 9.59 Å². The van der Waals surface area contributed by atoms with Crippen molar-refractivity contribution in [1.82, 2.24) is 5.06 Å². The van der Waals surface area contributed by atoms with Crippen LogP contribution in [0.15, 0.2) is 0 Å². The predicted molar refractivity (Wildman–Crippen MR) is 26.8 cm³/mol. The van der Waals surface area contributed by atoms with Gasteiger partial charge in [-0.15, -0.1) is 0 Å². The first-order chi connectivity index (χ1) is 4.04. The second kappa shape index (κ2) is 3.03. The van der Waals surface area contributed by atoms with Crippen LogP contribution in [0.4, 0.5) is 0 Å². The molecule has 0 aromatic carbocycles. The lowest BCUT2D eigenvalue weighted by Crippen LogP contribution is -2.30. The summed E-state index contributed by atoms with van der Waals surface area (Å²) in [5.74, 6) is -1.93. The molecule has 0 unspecified atom stereocenters. The largest absolute Gasteiger partial charge is 0.480 e. The van der Waals surface area contributed by atoms with Gasteiger partial charge in [-0.05, 0) is 0 Å². The van der Waals surface area contributed by atoms with Gasteiger partial charge in [-0.3, -0.25) is 14.8 Å². The fourth-order valence-electron chi connectivity index (χ4n) is 0.239. The van der Waals surface area contributed by atoms with Gasteiger partial charge in [0.1, 0.15) is 6.54 Å². The summed E-state index contributed by atoms with van der Waals surface area (Å²) in [4.78, 5) is 19.9. The molecule has 5 nitrogen and oxygen atoms in total. The van der Waals surface area contributed by atoms with Gasteiger partial charge >= 0.3 is 5.97 Å². The molecule has 0 aromatic rings. The number of aliphatic carboxylic acids is 1. The maximum atomic E-state index is 10.1. The number of rotatable bonds is 2. The first-order valence-corrected chi connectivity index (χ1v) is 2.23. The molecule has 52 valence electrons. The van der Waals surface area contributed by atoms with E-state index in [-0.39, 0.29) is 5.06 Å². The molecule has 0 fully saturated rings. The number of carboxylic acid groups (broad SMARTS) is 1. The summed E-state index contributed by atoms with van der Waals surface area (Å²) in [6.07, 6.45) is 0. The van der Waals surface area contributed by atoms with Crippen LogP contribution < -0.4 is 0 Å². The van der Waals surface area contributed by atoms with E-state index >= 15 is 0 Å². The maximum absolute atomic E-state index is 10.1. The predicted octanol–water partition coefficient (Wildman–Crippen LogP) is -0.691. The smallest absolute Gasteiger partial charge is 0.325 e. The highest BCUT2D eigenvalue weighted by molar-refractivity contribution is 5.78. The number of hydroxylamine groups is 2. The molecule has 0 saturated heterocycles. The zero-order chi connectivity index (χ0) is 7.44. The average molecular weight is 133 g/mol. The van der Waals surface area contributed by atoms with Crippen molar-refractivity contribution >= 4 is 11.9 Å². The standard InChI is InChI=1S/C4H7NO4/c1-3(6)5(9)2-4(7)8/h9H,2H2,1H3,(H,7,8). The van der Waals surface area contributed by atoms with Crippen molar-refractivity contribution in [3.05, 3.63) is 0 Å². The SMILES string of the molecule is CC(=O)N(O)CC(=O)O. The van der Waals surface area contributed by atoms with Gasteiger partial charge in [0, 0.05) is 6.92 Å². The second-order valence-corrected chi connectivity index (χ2v) is 1.47.